The number of carboxylic acid groups (broad SMARTS) is 1. The molecule has 3 atom stereocenters. The van der Waals surface area contributed by atoms with Crippen molar-refractivity contribution in [3.8, 4) is 0 Å². The average molecular weight is 309 g/mol. The van der Waals surface area contributed by atoms with Gasteiger partial charge in [-0.15, -0.1) is 11.3 Å². The number of thiophene rings is 1. The van der Waals surface area contributed by atoms with E-state index in [2.05, 4.69) is 13.8 Å². The Morgan fingerprint density at radius 3 is 2.52 bits per heavy atom. The van der Waals surface area contributed by atoms with Crippen LogP contribution in [0.5, 0.6) is 0 Å². The summed E-state index contributed by atoms with van der Waals surface area (Å²) < 4.78 is 0. The van der Waals surface area contributed by atoms with Crippen LogP contribution in [-0.4, -0.2) is 35.0 Å². The molecule has 0 aliphatic carbocycles. The van der Waals surface area contributed by atoms with Crippen molar-refractivity contribution in [1.82, 2.24) is 4.90 Å². The van der Waals surface area contributed by atoms with Crippen LogP contribution >= 0.6 is 11.3 Å². The second kappa shape index (κ2) is 7.07. The van der Waals surface area contributed by atoms with E-state index in [1.807, 2.05) is 22.4 Å². The molecule has 0 aromatic carbocycles. The molecule has 1 aliphatic rings. The van der Waals surface area contributed by atoms with Crippen LogP contribution in [0.3, 0.4) is 0 Å². The van der Waals surface area contributed by atoms with E-state index in [1.165, 1.54) is 11.3 Å². The molecule has 21 heavy (non-hydrogen) atoms. The summed E-state index contributed by atoms with van der Waals surface area (Å²) in [4.78, 5) is 26.5. The highest BCUT2D eigenvalue weighted by molar-refractivity contribution is 7.10. The van der Waals surface area contributed by atoms with Gasteiger partial charge in [-0.25, -0.2) is 0 Å². The third kappa shape index (κ3) is 4.56. The molecule has 116 valence electrons. The molecule has 2 rings (SSSR count). The maximum atomic E-state index is 12.5. The zero-order valence-electron chi connectivity index (χ0n) is 12.6. The number of piperidine rings is 1. The second-order valence-electron chi connectivity index (χ2n) is 6.26. The van der Waals surface area contributed by atoms with Crippen LogP contribution in [0, 0.1) is 11.8 Å². The van der Waals surface area contributed by atoms with Crippen molar-refractivity contribution in [3.63, 3.8) is 0 Å². The van der Waals surface area contributed by atoms with Gasteiger partial charge >= 0.3 is 5.97 Å². The Kier molecular flexibility index (Phi) is 5.39. The Morgan fingerprint density at radius 1 is 1.33 bits per heavy atom. The number of nitrogens with zero attached hydrogens (tertiary/aromatic N) is 1. The van der Waals surface area contributed by atoms with E-state index in [-0.39, 0.29) is 18.2 Å². The van der Waals surface area contributed by atoms with Gasteiger partial charge in [-0.3, -0.25) is 9.59 Å². The molecule has 1 N–H and O–H groups in total. The molecular weight excluding hydrogens is 286 g/mol. The van der Waals surface area contributed by atoms with Gasteiger partial charge in [-0.05, 0) is 29.7 Å². The van der Waals surface area contributed by atoms with Gasteiger partial charge in [0.05, 0.1) is 6.42 Å². The quantitative estimate of drug-likeness (QED) is 0.908. The summed E-state index contributed by atoms with van der Waals surface area (Å²) in [6, 6.07) is 3.83. The number of carbonyl (C=O) groups is 2. The molecule has 0 spiro atoms. The number of amides is 1. The fraction of sp³-hybridized carbons (Fsp3) is 0.625. The van der Waals surface area contributed by atoms with Crippen molar-refractivity contribution < 1.29 is 14.7 Å². The van der Waals surface area contributed by atoms with Crippen LogP contribution in [0.4, 0.5) is 0 Å². The van der Waals surface area contributed by atoms with Gasteiger partial charge in [-0.1, -0.05) is 19.9 Å². The van der Waals surface area contributed by atoms with E-state index >= 15 is 0 Å². The minimum Gasteiger partial charge on any atom is -0.481 e. The maximum absolute atomic E-state index is 12.5. The molecular formula is C16H23NO3S. The molecule has 0 saturated carbocycles. The molecule has 1 saturated heterocycles. The minimum atomic E-state index is -0.846. The summed E-state index contributed by atoms with van der Waals surface area (Å²) in [5.41, 5.74) is 0. The first kappa shape index (κ1) is 16.0. The van der Waals surface area contributed by atoms with Crippen molar-refractivity contribution in [2.45, 2.75) is 39.0 Å². The van der Waals surface area contributed by atoms with Gasteiger partial charge in [0.25, 0.3) is 0 Å². The molecule has 4 nitrogen and oxygen atoms in total. The summed E-state index contributed by atoms with van der Waals surface area (Å²) in [6.07, 6.45) is 1.48. The average Bonchev–Trinajstić information content (AvgIpc) is 2.89. The fourth-order valence-corrected chi connectivity index (χ4v) is 4.04. The van der Waals surface area contributed by atoms with Gasteiger partial charge in [0.15, 0.2) is 0 Å². The lowest BCUT2D eigenvalue weighted by Crippen LogP contribution is -2.43. The Morgan fingerprint density at radius 2 is 2.00 bits per heavy atom. The van der Waals surface area contributed by atoms with Crippen molar-refractivity contribution in [2.75, 3.05) is 13.1 Å². The van der Waals surface area contributed by atoms with E-state index in [1.54, 1.807) is 0 Å². The third-order valence-electron chi connectivity index (χ3n) is 4.01. The lowest BCUT2D eigenvalue weighted by Gasteiger charge is -2.35. The molecule has 5 heteroatoms. The highest BCUT2D eigenvalue weighted by Crippen LogP contribution is 2.30. The topological polar surface area (TPSA) is 57.6 Å². The molecule has 1 aromatic heterocycles. The molecule has 0 bridgehead atoms. The molecule has 1 amide bonds. The Labute approximate surface area is 129 Å². The smallest absolute Gasteiger partial charge is 0.304 e. The van der Waals surface area contributed by atoms with Crippen LogP contribution in [0.15, 0.2) is 17.5 Å². The largest absolute Gasteiger partial charge is 0.481 e. The molecule has 2 heterocycles. The predicted octanol–water partition coefficient (Wildman–Crippen LogP) is 3.20. The Balaban J connectivity index is 2.02. The van der Waals surface area contributed by atoms with Gasteiger partial charge in [0.2, 0.25) is 5.91 Å². The lowest BCUT2D eigenvalue weighted by atomic mass is 9.90. The van der Waals surface area contributed by atoms with Crippen LogP contribution in [0.1, 0.15) is 43.9 Å². The van der Waals surface area contributed by atoms with Crippen molar-refractivity contribution in [1.29, 1.82) is 0 Å². The summed E-state index contributed by atoms with van der Waals surface area (Å²) in [7, 11) is 0. The number of carboxylic acids is 1. The van der Waals surface area contributed by atoms with E-state index in [9.17, 15) is 9.59 Å². The third-order valence-corrected chi connectivity index (χ3v) is 5.04. The monoisotopic (exact) mass is 309 g/mol. The number of aliphatic carboxylic acids is 1. The van der Waals surface area contributed by atoms with E-state index < -0.39 is 5.97 Å². The van der Waals surface area contributed by atoms with Gasteiger partial charge in [-0.2, -0.15) is 0 Å². The highest BCUT2D eigenvalue weighted by atomic mass is 32.1. The standard InChI is InChI=1S/C16H23NO3S/c1-11-6-12(2)10-17(9-11)15(18)7-13(8-16(19)20)14-4-3-5-21-14/h3-5,11-13H,6-10H2,1-2H3,(H,19,20). The molecule has 0 radical (unpaired) electrons. The maximum Gasteiger partial charge on any atom is 0.304 e. The zero-order valence-corrected chi connectivity index (χ0v) is 13.4. The summed E-state index contributed by atoms with van der Waals surface area (Å²) >= 11 is 1.53. The SMILES string of the molecule is CC1CC(C)CN(C(=O)CC(CC(=O)O)c2cccs2)C1. The number of likely N-dealkylation sites (tertiary alicyclic amines) is 1. The summed E-state index contributed by atoms with van der Waals surface area (Å²) in [6.45, 7) is 5.94. The number of rotatable bonds is 5. The lowest BCUT2D eigenvalue weighted by molar-refractivity contribution is -0.138. The van der Waals surface area contributed by atoms with Crippen molar-refractivity contribution in [2.24, 2.45) is 11.8 Å². The van der Waals surface area contributed by atoms with Crippen LogP contribution < -0.4 is 0 Å². The van der Waals surface area contributed by atoms with Gasteiger partial charge < -0.3 is 10.0 Å². The van der Waals surface area contributed by atoms with E-state index in [0.717, 1.165) is 24.4 Å². The van der Waals surface area contributed by atoms with E-state index in [0.29, 0.717) is 18.3 Å². The first-order valence-corrected chi connectivity index (χ1v) is 8.36. The zero-order chi connectivity index (χ0) is 15.4. The number of hydrogen-bond donors (Lipinski definition) is 1. The van der Waals surface area contributed by atoms with E-state index in [4.69, 9.17) is 5.11 Å². The first-order chi connectivity index (χ1) is 9.95. The van der Waals surface area contributed by atoms with Crippen LogP contribution in [-0.2, 0) is 9.59 Å². The Bertz CT molecular complexity index is 476. The van der Waals surface area contributed by atoms with Crippen molar-refractivity contribution in [3.05, 3.63) is 22.4 Å². The van der Waals surface area contributed by atoms with Gasteiger partial charge in [0, 0.05) is 30.3 Å². The molecule has 1 aromatic rings. The van der Waals surface area contributed by atoms with Crippen LogP contribution in [0.25, 0.3) is 0 Å². The normalized spacial score (nSPS) is 23.8. The second-order valence-corrected chi connectivity index (χ2v) is 7.24. The molecule has 3 unspecified atom stereocenters. The molecule has 1 fully saturated rings. The highest BCUT2D eigenvalue weighted by Gasteiger charge is 2.28. The van der Waals surface area contributed by atoms with Crippen molar-refractivity contribution >= 4 is 23.2 Å². The summed E-state index contributed by atoms with van der Waals surface area (Å²) in [5, 5.41) is 11.0. The number of hydrogen-bond acceptors (Lipinski definition) is 3. The minimum absolute atomic E-state index is 0.0190. The first-order valence-electron chi connectivity index (χ1n) is 7.48. The fourth-order valence-electron chi connectivity index (χ4n) is 3.21. The molecule has 1 aliphatic heterocycles. The predicted molar refractivity (Wildman–Crippen MR) is 83.5 cm³/mol. The Hall–Kier alpha value is -1.36. The van der Waals surface area contributed by atoms with Crippen LogP contribution in [0.2, 0.25) is 0 Å². The van der Waals surface area contributed by atoms with Gasteiger partial charge in [0.1, 0.15) is 0 Å². The summed E-state index contributed by atoms with van der Waals surface area (Å²) in [5.74, 6) is 0.0897. The number of carbonyl (C=O) groups excluding carboxylic acids is 1.